The maximum Gasteiger partial charge on any atom is 0.165 e. The number of imidazole rings is 1. The Balaban J connectivity index is 1.97. The first kappa shape index (κ1) is 15.1. The van der Waals surface area contributed by atoms with Gasteiger partial charge in [0.05, 0.1) is 13.2 Å². The molecule has 2 rings (SSSR count). The van der Waals surface area contributed by atoms with Crippen molar-refractivity contribution in [2.45, 2.75) is 12.8 Å². The average Bonchev–Trinajstić information content (AvgIpc) is 2.88. The molecule has 110 valence electrons. The predicted octanol–water partition coefficient (Wildman–Crippen LogP) is 1.91. The number of aryl methyl sites for hydroxylation is 1. The number of benzene rings is 1. The molecule has 0 bridgehead atoms. The van der Waals surface area contributed by atoms with Crippen LogP contribution >= 0.6 is 0 Å². The van der Waals surface area contributed by atoms with Crippen LogP contribution in [0.5, 0.6) is 5.75 Å². The Morgan fingerprint density at radius 2 is 2.29 bits per heavy atom. The Labute approximate surface area is 123 Å². The molecule has 0 fully saturated rings. The molecule has 0 atom stereocenters. The summed E-state index contributed by atoms with van der Waals surface area (Å²) in [4.78, 5) is 4.18. The molecule has 0 aliphatic rings. The monoisotopic (exact) mass is 288 g/mol. The van der Waals surface area contributed by atoms with Gasteiger partial charge in [-0.3, -0.25) is 0 Å². The quantitative estimate of drug-likeness (QED) is 0.855. The van der Waals surface area contributed by atoms with Gasteiger partial charge in [0.2, 0.25) is 0 Å². The molecule has 21 heavy (non-hydrogen) atoms. The van der Waals surface area contributed by atoms with E-state index < -0.39 is 5.82 Å². The van der Waals surface area contributed by atoms with Crippen molar-refractivity contribution in [3.8, 4) is 17.6 Å². The second-order valence-electron chi connectivity index (χ2n) is 4.47. The van der Waals surface area contributed by atoms with Crippen molar-refractivity contribution in [1.82, 2.24) is 9.55 Å². The van der Waals surface area contributed by atoms with Crippen LogP contribution < -0.4 is 4.74 Å². The highest BCUT2D eigenvalue weighted by atomic mass is 19.1. The van der Waals surface area contributed by atoms with Gasteiger partial charge in [0, 0.05) is 37.8 Å². The Hall–Kier alpha value is -2.32. The van der Waals surface area contributed by atoms with Crippen molar-refractivity contribution in [3.63, 3.8) is 0 Å². The third-order valence-corrected chi connectivity index (χ3v) is 2.90. The lowest BCUT2D eigenvalue weighted by atomic mass is 10.2. The molecule has 0 radical (unpaired) electrons. The summed E-state index contributed by atoms with van der Waals surface area (Å²) in [6.45, 7) is 0.358. The second kappa shape index (κ2) is 7.46. The third kappa shape index (κ3) is 4.33. The van der Waals surface area contributed by atoms with Gasteiger partial charge in [-0.2, -0.15) is 0 Å². The molecule has 0 saturated heterocycles. The van der Waals surface area contributed by atoms with Crippen LogP contribution in [0.4, 0.5) is 4.39 Å². The topological polar surface area (TPSA) is 47.3 Å². The van der Waals surface area contributed by atoms with Gasteiger partial charge in [0.25, 0.3) is 0 Å². The fourth-order valence-corrected chi connectivity index (χ4v) is 1.80. The molecule has 0 aliphatic heterocycles. The van der Waals surface area contributed by atoms with Crippen LogP contribution in [0.25, 0.3) is 0 Å². The SMILES string of the molecule is Cn1ccnc1CCOc1cc(C#CCCO)ccc1F. The summed E-state index contributed by atoms with van der Waals surface area (Å²) in [6.07, 6.45) is 4.57. The molecule has 0 aliphatic carbocycles. The highest BCUT2D eigenvalue weighted by molar-refractivity contribution is 5.40. The van der Waals surface area contributed by atoms with E-state index in [4.69, 9.17) is 9.84 Å². The first-order valence-corrected chi connectivity index (χ1v) is 6.69. The molecule has 0 amide bonds. The zero-order valence-electron chi connectivity index (χ0n) is 11.8. The van der Waals surface area contributed by atoms with Crippen LogP contribution in [0, 0.1) is 17.7 Å². The maximum atomic E-state index is 13.7. The summed E-state index contributed by atoms with van der Waals surface area (Å²) in [5.74, 6) is 6.30. The van der Waals surface area contributed by atoms with Gasteiger partial charge in [-0.25, -0.2) is 9.37 Å². The van der Waals surface area contributed by atoms with Crippen LogP contribution in [0.3, 0.4) is 0 Å². The number of nitrogens with zero attached hydrogens (tertiary/aromatic N) is 2. The lowest BCUT2D eigenvalue weighted by molar-refractivity contribution is 0.301. The number of hydrogen-bond donors (Lipinski definition) is 1. The molecule has 0 unspecified atom stereocenters. The highest BCUT2D eigenvalue weighted by Gasteiger charge is 2.05. The van der Waals surface area contributed by atoms with Crippen LogP contribution in [-0.2, 0) is 13.5 Å². The van der Waals surface area contributed by atoms with E-state index in [2.05, 4.69) is 16.8 Å². The fraction of sp³-hybridized carbons (Fsp3) is 0.312. The smallest absolute Gasteiger partial charge is 0.165 e. The van der Waals surface area contributed by atoms with Crippen molar-refractivity contribution in [2.75, 3.05) is 13.2 Å². The first-order valence-electron chi connectivity index (χ1n) is 6.69. The lowest BCUT2D eigenvalue weighted by Gasteiger charge is -2.07. The second-order valence-corrected chi connectivity index (χ2v) is 4.47. The van der Waals surface area contributed by atoms with E-state index in [0.717, 1.165) is 5.82 Å². The van der Waals surface area contributed by atoms with Crippen molar-refractivity contribution in [3.05, 3.63) is 47.8 Å². The number of rotatable bonds is 5. The van der Waals surface area contributed by atoms with Gasteiger partial charge in [-0.05, 0) is 18.2 Å². The number of ether oxygens (including phenoxy) is 1. The van der Waals surface area contributed by atoms with Crippen LogP contribution in [0.2, 0.25) is 0 Å². The average molecular weight is 288 g/mol. The molecule has 0 spiro atoms. The molecule has 5 heteroatoms. The van der Waals surface area contributed by atoms with Crippen LogP contribution in [0.1, 0.15) is 17.8 Å². The number of aromatic nitrogens is 2. The minimum Gasteiger partial charge on any atom is -0.490 e. The predicted molar refractivity (Wildman–Crippen MR) is 77.4 cm³/mol. The van der Waals surface area contributed by atoms with E-state index >= 15 is 0 Å². The lowest BCUT2D eigenvalue weighted by Crippen LogP contribution is -2.07. The van der Waals surface area contributed by atoms with Gasteiger partial charge in [-0.1, -0.05) is 11.8 Å². The Bertz CT molecular complexity index is 656. The Morgan fingerprint density at radius 3 is 3.00 bits per heavy atom. The molecule has 2 aromatic rings. The van der Waals surface area contributed by atoms with Crippen molar-refractivity contribution in [1.29, 1.82) is 0 Å². The van der Waals surface area contributed by atoms with E-state index in [1.165, 1.54) is 6.07 Å². The largest absolute Gasteiger partial charge is 0.490 e. The van der Waals surface area contributed by atoms with Crippen LogP contribution in [0.15, 0.2) is 30.6 Å². The summed E-state index contributed by atoms with van der Waals surface area (Å²) < 4.78 is 21.0. The van der Waals surface area contributed by atoms with E-state index in [9.17, 15) is 4.39 Å². The molecule has 1 aromatic carbocycles. The molecule has 1 N–H and O–H groups in total. The van der Waals surface area contributed by atoms with Crippen molar-refractivity contribution < 1.29 is 14.2 Å². The molecule has 1 heterocycles. The van der Waals surface area contributed by atoms with Gasteiger partial charge >= 0.3 is 0 Å². The van der Waals surface area contributed by atoms with E-state index in [0.29, 0.717) is 25.0 Å². The molecule has 1 aromatic heterocycles. The number of aliphatic hydroxyl groups excluding tert-OH is 1. The Kier molecular flexibility index (Phi) is 5.35. The number of halogens is 1. The summed E-state index contributed by atoms with van der Waals surface area (Å²) in [5.41, 5.74) is 0.664. The van der Waals surface area contributed by atoms with E-state index in [1.54, 1.807) is 18.3 Å². The number of hydrogen-bond acceptors (Lipinski definition) is 3. The molecule has 0 saturated carbocycles. The minimum absolute atomic E-state index is 0.0151. The highest BCUT2D eigenvalue weighted by Crippen LogP contribution is 2.18. The van der Waals surface area contributed by atoms with Gasteiger partial charge in [0.15, 0.2) is 11.6 Å². The minimum atomic E-state index is -0.414. The van der Waals surface area contributed by atoms with Crippen LogP contribution in [-0.4, -0.2) is 27.9 Å². The van der Waals surface area contributed by atoms with Gasteiger partial charge in [-0.15, -0.1) is 0 Å². The van der Waals surface area contributed by atoms with Gasteiger partial charge < -0.3 is 14.4 Å². The Morgan fingerprint density at radius 1 is 1.43 bits per heavy atom. The fourth-order valence-electron chi connectivity index (χ4n) is 1.80. The summed E-state index contributed by atoms with van der Waals surface area (Å²) in [6, 6.07) is 4.49. The summed E-state index contributed by atoms with van der Waals surface area (Å²) >= 11 is 0. The van der Waals surface area contributed by atoms with E-state index in [-0.39, 0.29) is 12.4 Å². The first-order chi connectivity index (χ1) is 10.2. The van der Waals surface area contributed by atoms with E-state index in [1.807, 2.05) is 17.8 Å². The maximum absolute atomic E-state index is 13.7. The molecular formula is C16H17FN2O2. The standard InChI is InChI=1S/C16H17FN2O2/c1-19-9-8-18-16(19)7-11-21-15-12-13(4-2-3-10-20)5-6-14(15)17/h5-6,8-9,12,20H,3,7,10-11H2,1H3. The normalized spacial score (nSPS) is 10.0. The van der Waals surface area contributed by atoms with Crippen molar-refractivity contribution >= 4 is 0 Å². The summed E-state index contributed by atoms with van der Waals surface area (Å²) in [5, 5.41) is 8.68. The summed E-state index contributed by atoms with van der Waals surface area (Å²) in [7, 11) is 1.90. The van der Waals surface area contributed by atoms with Crippen molar-refractivity contribution in [2.24, 2.45) is 7.05 Å². The zero-order chi connectivity index (χ0) is 15.1. The number of aliphatic hydroxyl groups is 1. The zero-order valence-corrected chi connectivity index (χ0v) is 11.8. The third-order valence-electron chi connectivity index (χ3n) is 2.90. The molecular weight excluding hydrogens is 271 g/mol. The van der Waals surface area contributed by atoms with Gasteiger partial charge in [0.1, 0.15) is 5.82 Å². The molecule has 4 nitrogen and oxygen atoms in total.